The number of carbonyl (C=O) groups is 1. The topological polar surface area (TPSA) is 42.0 Å². The van der Waals surface area contributed by atoms with Crippen molar-refractivity contribution in [2.24, 2.45) is 11.8 Å². The van der Waals surface area contributed by atoms with Crippen molar-refractivity contribution in [3.05, 3.63) is 0 Å². The van der Waals surface area contributed by atoms with Gasteiger partial charge in [0, 0.05) is 26.3 Å². The maximum absolute atomic E-state index is 12.2. The number of rotatable bonds is 32. The highest BCUT2D eigenvalue weighted by atomic mass is 16.5. The molecule has 41 heavy (non-hydrogen) atoms. The largest absolute Gasteiger partial charge is 0.465 e. The third-order valence-electron chi connectivity index (χ3n) is 8.62. The summed E-state index contributed by atoms with van der Waals surface area (Å²) in [7, 11) is 4.36. The molecule has 5 heteroatoms. The van der Waals surface area contributed by atoms with Crippen molar-refractivity contribution in [2.75, 3.05) is 60.1 Å². The van der Waals surface area contributed by atoms with Crippen LogP contribution in [0.2, 0.25) is 0 Å². The van der Waals surface area contributed by atoms with Crippen LogP contribution in [0.5, 0.6) is 0 Å². The van der Waals surface area contributed by atoms with Crippen LogP contribution >= 0.6 is 0 Å². The van der Waals surface area contributed by atoms with Gasteiger partial charge in [0.15, 0.2) is 0 Å². The Labute approximate surface area is 257 Å². The molecule has 0 fully saturated rings. The first-order chi connectivity index (χ1) is 20.0. The molecule has 0 amide bonds. The van der Waals surface area contributed by atoms with Crippen molar-refractivity contribution < 1.29 is 14.3 Å². The molecule has 246 valence electrons. The molecule has 0 N–H and O–H groups in total. The summed E-state index contributed by atoms with van der Waals surface area (Å²) in [6.45, 7) is 16.2. The summed E-state index contributed by atoms with van der Waals surface area (Å²) in [6, 6.07) is 0. The molecule has 0 aromatic carbocycles. The van der Waals surface area contributed by atoms with E-state index in [1.165, 1.54) is 116 Å². The van der Waals surface area contributed by atoms with E-state index in [2.05, 4.69) is 51.6 Å². The van der Waals surface area contributed by atoms with Crippen LogP contribution in [-0.4, -0.2) is 75.9 Å². The lowest BCUT2D eigenvalue weighted by Gasteiger charge is -2.24. The molecule has 0 rings (SSSR count). The maximum Gasteiger partial charge on any atom is 0.308 e. The number of esters is 1. The second kappa shape index (κ2) is 30.8. The molecular formula is C36H74N2O3. The minimum absolute atomic E-state index is 0.0296. The number of hydrogen-bond donors (Lipinski definition) is 0. The van der Waals surface area contributed by atoms with E-state index in [0.717, 1.165) is 57.8 Å². The van der Waals surface area contributed by atoms with Crippen LogP contribution in [0.15, 0.2) is 0 Å². The molecule has 0 aromatic rings. The monoisotopic (exact) mass is 583 g/mol. The minimum Gasteiger partial charge on any atom is -0.465 e. The molecule has 0 saturated carbocycles. The van der Waals surface area contributed by atoms with Gasteiger partial charge in [0.05, 0.1) is 12.5 Å². The highest BCUT2D eigenvalue weighted by Gasteiger charge is 2.16. The van der Waals surface area contributed by atoms with Crippen LogP contribution in [0.3, 0.4) is 0 Å². The second-order valence-corrected chi connectivity index (χ2v) is 12.8. The van der Waals surface area contributed by atoms with Gasteiger partial charge in [-0.2, -0.15) is 0 Å². The SMILES string of the molecule is CCCCC(CC)COCCCCCCCCN(CCCCCCCCOC(=O)C(CC)CCCC)CCN(C)C. The lowest BCUT2D eigenvalue weighted by molar-refractivity contribution is -0.149. The molecule has 0 spiro atoms. The van der Waals surface area contributed by atoms with Gasteiger partial charge in [-0.3, -0.25) is 4.79 Å². The Morgan fingerprint density at radius 3 is 1.66 bits per heavy atom. The van der Waals surface area contributed by atoms with Gasteiger partial charge in [0.2, 0.25) is 0 Å². The van der Waals surface area contributed by atoms with Crippen molar-refractivity contribution in [3.8, 4) is 0 Å². The zero-order valence-corrected chi connectivity index (χ0v) is 28.9. The van der Waals surface area contributed by atoms with Crippen LogP contribution in [0, 0.1) is 11.8 Å². The molecule has 0 aliphatic carbocycles. The fourth-order valence-corrected chi connectivity index (χ4v) is 5.45. The average molecular weight is 583 g/mol. The molecule has 0 bridgehead atoms. The standard InChI is InChI=1S/C36H74N2O3/c1-7-11-25-34(9-3)33-40-31-23-19-15-13-17-21-27-38(30-29-37(5)6)28-22-18-14-16-20-24-32-41-36(39)35(10-4)26-12-8-2/h34-35H,7-33H2,1-6H3. The van der Waals surface area contributed by atoms with E-state index in [9.17, 15) is 4.79 Å². The van der Waals surface area contributed by atoms with Gasteiger partial charge in [-0.1, -0.05) is 111 Å². The molecule has 2 atom stereocenters. The Kier molecular flexibility index (Phi) is 30.3. The summed E-state index contributed by atoms with van der Waals surface area (Å²) < 4.78 is 11.5. The van der Waals surface area contributed by atoms with Crippen LogP contribution in [0.4, 0.5) is 0 Å². The summed E-state index contributed by atoms with van der Waals surface area (Å²) >= 11 is 0. The number of likely N-dealkylation sites (N-methyl/N-ethyl adjacent to an activating group) is 1. The van der Waals surface area contributed by atoms with Gasteiger partial charge in [-0.05, 0) is 78.0 Å². The highest BCUT2D eigenvalue weighted by Crippen LogP contribution is 2.16. The van der Waals surface area contributed by atoms with E-state index in [1.54, 1.807) is 0 Å². The lowest BCUT2D eigenvalue weighted by Crippen LogP contribution is -2.33. The molecule has 0 aliphatic rings. The zero-order chi connectivity index (χ0) is 30.4. The molecule has 5 nitrogen and oxygen atoms in total. The van der Waals surface area contributed by atoms with Gasteiger partial charge in [0.1, 0.15) is 0 Å². The van der Waals surface area contributed by atoms with Crippen LogP contribution in [0.25, 0.3) is 0 Å². The molecule has 0 aliphatic heterocycles. The Morgan fingerprint density at radius 2 is 1.12 bits per heavy atom. The Morgan fingerprint density at radius 1 is 0.585 bits per heavy atom. The third kappa shape index (κ3) is 26.7. The van der Waals surface area contributed by atoms with Gasteiger partial charge >= 0.3 is 5.97 Å². The van der Waals surface area contributed by atoms with Crippen molar-refractivity contribution >= 4 is 5.97 Å². The quantitative estimate of drug-likeness (QED) is 0.0583. The lowest BCUT2D eigenvalue weighted by atomic mass is 10.00. The van der Waals surface area contributed by atoms with Crippen molar-refractivity contribution in [3.63, 3.8) is 0 Å². The van der Waals surface area contributed by atoms with Crippen LogP contribution in [-0.2, 0) is 14.3 Å². The molecule has 0 radical (unpaired) electrons. The van der Waals surface area contributed by atoms with Crippen LogP contribution < -0.4 is 0 Å². The Hall–Kier alpha value is -0.650. The smallest absolute Gasteiger partial charge is 0.308 e. The minimum atomic E-state index is 0.0296. The molecule has 0 aromatic heterocycles. The maximum atomic E-state index is 12.2. The first kappa shape index (κ1) is 40.4. The zero-order valence-electron chi connectivity index (χ0n) is 28.9. The molecular weight excluding hydrogens is 508 g/mol. The fourth-order valence-electron chi connectivity index (χ4n) is 5.45. The molecule has 0 heterocycles. The number of unbranched alkanes of at least 4 members (excludes halogenated alkanes) is 12. The predicted molar refractivity (Wildman–Crippen MR) is 179 cm³/mol. The third-order valence-corrected chi connectivity index (χ3v) is 8.62. The summed E-state index contributed by atoms with van der Waals surface area (Å²) in [5.74, 6) is 0.901. The number of nitrogens with zero attached hydrogens (tertiary/aromatic N) is 2. The van der Waals surface area contributed by atoms with Crippen LogP contribution in [0.1, 0.15) is 156 Å². The predicted octanol–water partition coefficient (Wildman–Crippen LogP) is 9.52. The van der Waals surface area contributed by atoms with Gasteiger partial charge < -0.3 is 19.3 Å². The Bertz CT molecular complexity index is 543. The Balaban J connectivity index is 3.82. The number of ether oxygens (including phenoxy) is 2. The van der Waals surface area contributed by atoms with E-state index >= 15 is 0 Å². The summed E-state index contributed by atoms with van der Waals surface area (Å²) in [5, 5.41) is 0. The normalized spacial score (nSPS) is 13.3. The first-order valence-electron chi connectivity index (χ1n) is 18.1. The fraction of sp³-hybridized carbons (Fsp3) is 0.972. The van der Waals surface area contributed by atoms with Gasteiger partial charge in [0.25, 0.3) is 0 Å². The van der Waals surface area contributed by atoms with E-state index in [4.69, 9.17) is 9.47 Å². The first-order valence-corrected chi connectivity index (χ1v) is 18.1. The van der Waals surface area contributed by atoms with E-state index in [1.807, 2.05) is 0 Å². The van der Waals surface area contributed by atoms with Crippen molar-refractivity contribution in [1.29, 1.82) is 0 Å². The van der Waals surface area contributed by atoms with E-state index < -0.39 is 0 Å². The van der Waals surface area contributed by atoms with Gasteiger partial charge in [-0.25, -0.2) is 0 Å². The second-order valence-electron chi connectivity index (χ2n) is 12.8. The van der Waals surface area contributed by atoms with Crippen molar-refractivity contribution in [1.82, 2.24) is 9.80 Å². The average Bonchev–Trinajstić information content (AvgIpc) is 2.97. The van der Waals surface area contributed by atoms with Crippen molar-refractivity contribution in [2.45, 2.75) is 156 Å². The summed E-state index contributed by atoms with van der Waals surface area (Å²) in [6.07, 6.45) is 24.7. The van der Waals surface area contributed by atoms with E-state index in [0.29, 0.717) is 6.61 Å². The number of carbonyl (C=O) groups excluding carboxylic acids is 1. The summed E-state index contributed by atoms with van der Waals surface area (Å²) in [5.41, 5.74) is 0. The van der Waals surface area contributed by atoms with E-state index in [-0.39, 0.29) is 11.9 Å². The summed E-state index contributed by atoms with van der Waals surface area (Å²) in [4.78, 5) is 17.2. The number of hydrogen-bond acceptors (Lipinski definition) is 5. The molecule has 2 unspecified atom stereocenters. The molecule has 0 saturated heterocycles. The highest BCUT2D eigenvalue weighted by molar-refractivity contribution is 5.72. The van der Waals surface area contributed by atoms with Gasteiger partial charge in [-0.15, -0.1) is 0 Å².